The molecule has 1 fully saturated rings. The maximum absolute atomic E-state index is 5.37. The molecule has 2 heterocycles. The number of aryl methyl sites for hydroxylation is 1. The standard InChI is InChI=1S/C20H27N5OS/c1-16-14-18(17(2)25(16)19-6-4-3-5-7-19)15-22-23-20(27)21-8-9-24-10-12-26-13-11-24/h3-7,14-15H,8-13H2,1-2H3,(H2,21,23,27)/p+1/b22-15-. The van der Waals surface area contributed by atoms with Gasteiger partial charge in [-0.3, -0.25) is 5.43 Å². The molecule has 1 saturated heterocycles. The molecule has 144 valence electrons. The van der Waals surface area contributed by atoms with E-state index >= 15 is 0 Å². The number of nitrogens with one attached hydrogen (secondary N) is 3. The molecule has 1 aliphatic rings. The van der Waals surface area contributed by atoms with Gasteiger partial charge in [-0.15, -0.1) is 0 Å². The Morgan fingerprint density at radius 3 is 2.74 bits per heavy atom. The van der Waals surface area contributed by atoms with Gasteiger partial charge in [0.05, 0.1) is 32.5 Å². The molecule has 1 aliphatic heterocycles. The third kappa shape index (κ3) is 5.38. The molecule has 27 heavy (non-hydrogen) atoms. The van der Waals surface area contributed by atoms with Gasteiger partial charge in [0.15, 0.2) is 5.11 Å². The highest BCUT2D eigenvalue weighted by Gasteiger charge is 2.13. The van der Waals surface area contributed by atoms with E-state index in [9.17, 15) is 0 Å². The molecule has 0 unspecified atom stereocenters. The normalized spacial score (nSPS) is 15.2. The van der Waals surface area contributed by atoms with Crippen LogP contribution in [-0.2, 0) is 4.74 Å². The molecule has 3 rings (SSSR count). The lowest BCUT2D eigenvalue weighted by Crippen LogP contribution is -3.14. The second-order valence-corrected chi connectivity index (χ2v) is 7.14. The highest BCUT2D eigenvalue weighted by atomic mass is 32.1. The first-order valence-corrected chi connectivity index (χ1v) is 9.78. The maximum atomic E-state index is 5.37. The minimum absolute atomic E-state index is 0.552. The number of aromatic nitrogens is 1. The largest absolute Gasteiger partial charge is 0.370 e. The molecule has 0 bridgehead atoms. The minimum atomic E-state index is 0.552. The van der Waals surface area contributed by atoms with Crippen molar-refractivity contribution in [2.45, 2.75) is 13.8 Å². The van der Waals surface area contributed by atoms with E-state index in [1.165, 1.54) is 5.69 Å². The summed E-state index contributed by atoms with van der Waals surface area (Å²) < 4.78 is 7.60. The number of hydrogen-bond acceptors (Lipinski definition) is 3. The molecule has 0 aliphatic carbocycles. The number of ether oxygens (including phenoxy) is 1. The Kier molecular flexibility index (Phi) is 6.98. The maximum Gasteiger partial charge on any atom is 0.187 e. The summed E-state index contributed by atoms with van der Waals surface area (Å²) in [7, 11) is 0. The highest BCUT2D eigenvalue weighted by Crippen LogP contribution is 2.19. The molecule has 1 aromatic heterocycles. The van der Waals surface area contributed by atoms with Crippen LogP contribution < -0.4 is 15.6 Å². The summed E-state index contributed by atoms with van der Waals surface area (Å²) in [5, 5.41) is 8.06. The van der Waals surface area contributed by atoms with Crippen molar-refractivity contribution in [1.82, 2.24) is 15.3 Å². The monoisotopic (exact) mass is 386 g/mol. The molecule has 6 nitrogen and oxygen atoms in total. The van der Waals surface area contributed by atoms with Crippen molar-refractivity contribution in [2.75, 3.05) is 39.4 Å². The molecule has 3 N–H and O–H groups in total. The molecule has 0 amide bonds. The minimum Gasteiger partial charge on any atom is -0.370 e. The van der Waals surface area contributed by atoms with Crippen molar-refractivity contribution in [1.29, 1.82) is 0 Å². The van der Waals surface area contributed by atoms with Crippen LogP contribution in [0.4, 0.5) is 0 Å². The number of morpholine rings is 1. The average Bonchev–Trinajstić information content (AvgIpc) is 2.97. The first-order valence-electron chi connectivity index (χ1n) is 9.38. The van der Waals surface area contributed by atoms with E-state index in [1.54, 1.807) is 4.90 Å². The lowest BCUT2D eigenvalue weighted by Gasteiger charge is -2.23. The fraction of sp³-hybridized carbons (Fsp3) is 0.400. The van der Waals surface area contributed by atoms with E-state index in [-0.39, 0.29) is 0 Å². The predicted molar refractivity (Wildman–Crippen MR) is 113 cm³/mol. The Morgan fingerprint density at radius 1 is 1.26 bits per heavy atom. The molecular formula is C20H28N5OS+. The number of quaternary nitrogens is 1. The van der Waals surface area contributed by atoms with Crippen molar-refractivity contribution < 1.29 is 9.64 Å². The average molecular weight is 387 g/mol. The fourth-order valence-electron chi connectivity index (χ4n) is 3.36. The summed E-state index contributed by atoms with van der Waals surface area (Å²) in [5.74, 6) is 0. The van der Waals surface area contributed by atoms with Gasteiger partial charge < -0.3 is 19.5 Å². The summed E-state index contributed by atoms with van der Waals surface area (Å²) in [6.45, 7) is 9.90. The fourth-order valence-corrected chi connectivity index (χ4v) is 3.51. The summed E-state index contributed by atoms with van der Waals surface area (Å²) in [5.41, 5.74) is 7.47. The van der Waals surface area contributed by atoms with Crippen molar-refractivity contribution in [3.8, 4) is 5.69 Å². The van der Waals surface area contributed by atoms with Crippen molar-refractivity contribution in [2.24, 2.45) is 5.10 Å². The second-order valence-electron chi connectivity index (χ2n) is 6.74. The number of hydrazone groups is 1. The first-order chi connectivity index (χ1) is 13.1. The van der Waals surface area contributed by atoms with Gasteiger partial charge in [-0.1, -0.05) is 18.2 Å². The van der Waals surface area contributed by atoms with E-state index in [0.717, 1.165) is 56.3 Å². The lowest BCUT2D eigenvalue weighted by molar-refractivity contribution is -0.906. The third-order valence-corrected chi connectivity index (χ3v) is 5.05. The van der Waals surface area contributed by atoms with Gasteiger partial charge in [0.1, 0.15) is 13.1 Å². The Labute approximate surface area is 166 Å². The molecule has 7 heteroatoms. The molecular weight excluding hydrogens is 358 g/mol. The predicted octanol–water partition coefficient (Wildman–Crippen LogP) is 0.807. The van der Waals surface area contributed by atoms with Crippen LogP contribution in [0.5, 0.6) is 0 Å². The zero-order chi connectivity index (χ0) is 19.1. The summed E-state index contributed by atoms with van der Waals surface area (Å²) in [6, 6.07) is 12.5. The van der Waals surface area contributed by atoms with E-state index < -0.39 is 0 Å². The van der Waals surface area contributed by atoms with E-state index in [1.807, 2.05) is 24.4 Å². The number of thiocarbonyl (C=S) groups is 1. The van der Waals surface area contributed by atoms with Crippen LogP contribution in [0, 0.1) is 13.8 Å². The van der Waals surface area contributed by atoms with Crippen LogP contribution >= 0.6 is 12.2 Å². The highest BCUT2D eigenvalue weighted by molar-refractivity contribution is 7.80. The van der Waals surface area contributed by atoms with Crippen molar-refractivity contribution in [3.05, 3.63) is 53.3 Å². The van der Waals surface area contributed by atoms with Gasteiger partial charge in [-0.05, 0) is 44.3 Å². The molecule has 2 aromatic rings. The van der Waals surface area contributed by atoms with Crippen molar-refractivity contribution >= 4 is 23.5 Å². The van der Waals surface area contributed by atoms with E-state index in [2.05, 4.69) is 52.5 Å². The van der Waals surface area contributed by atoms with E-state index in [0.29, 0.717) is 5.11 Å². The zero-order valence-corrected chi connectivity index (χ0v) is 16.8. The van der Waals surface area contributed by atoms with E-state index in [4.69, 9.17) is 17.0 Å². The summed E-state index contributed by atoms with van der Waals surface area (Å²) in [4.78, 5) is 1.55. The van der Waals surface area contributed by atoms with Crippen LogP contribution in [0.3, 0.4) is 0 Å². The molecule has 0 atom stereocenters. The van der Waals surface area contributed by atoms with Gasteiger partial charge in [0.2, 0.25) is 0 Å². The summed E-state index contributed by atoms with van der Waals surface area (Å²) >= 11 is 5.30. The number of hydrogen-bond donors (Lipinski definition) is 3. The van der Waals surface area contributed by atoms with Gasteiger partial charge in [0, 0.05) is 22.6 Å². The lowest BCUT2D eigenvalue weighted by atomic mass is 10.2. The van der Waals surface area contributed by atoms with Crippen LogP contribution in [0.1, 0.15) is 17.0 Å². The number of rotatable bonds is 6. The topological polar surface area (TPSA) is 55.0 Å². The quantitative estimate of drug-likeness (QED) is 0.391. The van der Waals surface area contributed by atoms with Crippen LogP contribution in [0.2, 0.25) is 0 Å². The Bertz CT molecular complexity index is 781. The van der Waals surface area contributed by atoms with Gasteiger partial charge in [-0.2, -0.15) is 5.10 Å². The Morgan fingerprint density at radius 2 is 2.00 bits per heavy atom. The molecule has 0 saturated carbocycles. The van der Waals surface area contributed by atoms with Crippen LogP contribution in [-0.4, -0.2) is 55.3 Å². The number of para-hydroxylation sites is 1. The second kappa shape index (κ2) is 9.64. The molecule has 0 radical (unpaired) electrons. The van der Waals surface area contributed by atoms with Gasteiger partial charge in [-0.25, -0.2) is 0 Å². The Hall–Kier alpha value is -2.22. The smallest absolute Gasteiger partial charge is 0.187 e. The Balaban J connectivity index is 1.50. The molecule has 0 spiro atoms. The zero-order valence-electron chi connectivity index (χ0n) is 16.0. The third-order valence-electron chi connectivity index (χ3n) is 4.82. The molecule has 1 aromatic carbocycles. The van der Waals surface area contributed by atoms with Crippen LogP contribution in [0.15, 0.2) is 41.5 Å². The number of nitrogens with zero attached hydrogens (tertiary/aromatic N) is 2. The van der Waals surface area contributed by atoms with Crippen LogP contribution in [0.25, 0.3) is 5.69 Å². The summed E-state index contributed by atoms with van der Waals surface area (Å²) in [6.07, 6.45) is 1.82. The first kappa shape index (κ1) is 19.5. The van der Waals surface area contributed by atoms with Gasteiger partial charge >= 0.3 is 0 Å². The van der Waals surface area contributed by atoms with Gasteiger partial charge in [0.25, 0.3) is 0 Å². The SMILES string of the molecule is Cc1cc(/C=N\NC(=S)NCC[NH+]2CCOCC2)c(C)n1-c1ccccc1. The number of benzene rings is 1. The van der Waals surface area contributed by atoms with Crippen molar-refractivity contribution in [3.63, 3.8) is 0 Å².